The number of aryl methyl sites for hydroxylation is 1. The molecule has 3 nitrogen and oxygen atoms in total. The number of hydrogen-bond donors (Lipinski definition) is 0. The minimum absolute atomic E-state index is 0.341. The molecule has 0 unspecified atom stereocenters. The molecule has 1 aromatic carbocycles. The summed E-state index contributed by atoms with van der Waals surface area (Å²) in [7, 11) is 0. The molecule has 0 amide bonds. The van der Waals surface area contributed by atoms with Crippen molar-refractivity contribution in [3.63, 3.8) is 0 Å². The molecule has 0 atom stereocenters. The van der Waals surface area contributed by atoms with E-state index in [1.54, 1.807) is 12.4 Å². The topological polar surface area (TPSA) is 35.0 Å². The minimum atomic E-state index is -4.53. The van der Waals surface area contributed by atoms with E-state index in [2.05, 4.69) is 33.5 Å². The predicted octanol–water partition coefficient (Wildman–Crippen LogP) is 4.85. The number of hydrogen-bond acceptors (Lipinski definition) is 3. The van der Waals surface area contributed by atoms with E-state index in [1.165, 1.54) is 12.1 Å². The number of aromatic nitrogens is 2. The van der Waals surface area contributed by atoms with Crippen molar-refractivity contribution in [2.24, 2.45) is 0 Å². The number of rotatable bonds is 7. The maximum atomic E-state index is 12.8. The molecule has 0 fully saturated rings. The molecule has 0 saturated heterocycles. The summed E-state index contributed by atoms with van der Waals surface area (Å²) in [5.41, 5.74) is 1.54. The van der Waals surface area contributed by atoms with Gasteiger partial charge in [0.25, 0.3) is 0 Å². The minimum Gasteiger partial charge on any atom is -0.428 e. The van der Waals surface area contributed by atoms with Crippen LogP contribution >= 0.6 is 0 Å². The Bertz CT molecular complexity index is 750. The number of unbranched alkanes of at least 4 members (excludes halogenated alkanes) is 2. The van der Waals surface area contributed by atoms with Crippen molar-refractivity contribution < 1.29 is 22.3 Å². The summed E-state index contributed by atoms with van der Waals surface area (Å²) >= 11 is 0. The first kappa shape index (κ1) is 19.7. The molecular weight excluding hydrogens is 348 g/mol. The van der Waals surface area contributed by atoms with E-state index in [4.69, 9.17) is 0 Å². The van der Waals surface area contributed by atoms with Crippen molar-refractivity contribution in [3.8, 4) is 17.6 Å². The Kier molecular flexibility index (Phi) is 6.96. The van der Waals surface area contributed by atoms with Crippen molar-refractivity contribution in [2.45, 2.75) is 45.1 Å². The highest BCUT2D eigenvalue weighted by molar-refractivity contribution is 5.41. The first-order valence-electron chi connectivity index (χ1n) is 8.18. The lowest BCUT2D eigenvalue weighted by Crippen LogP contribution is -2.33. The average Bonchev–Trinajstić information content (AvgIpc) is 2.62. The number of benzene rings is 1. The first-order chi connectivity index (χ1) is 12.4. The third-order valence-corrected chi connectivity index (χ3v) is 3.46. The van der Waals surface area contributed by atoms with Crippen molar-refractivity contribution in [1.29, 1.82) is 0 Å². The van der Waals surface area contributed by atoms with Gasteiger partial charge in [0.1, 0.15) is 5.75 Å². The van der Waals surface area contributed by atoms with Gasteiger partial charge in [0, 0.05) is 18.0 Å². The molecule has 0 aliphatic carbocycles. The average molecular weight is 366 g/mol. The number of halogens is 4. The first-order valence-corrected chi connectivity index (χ1v) is 8.18. The summed E-state index contributed by atoms with van der Waals surface area (Å²) < 4.78 is 53.8. The van der Waals surface area contributed by atoms with Crippen molar-refractivity contribution in [3.05, 3.63) is 53.6 Å². The summed E-state index contributed by atoms with van der Waals surface area (Å²) in [5, 5.41) is 0. The monoisotopic (exact) mass is 366 g/mol. The van der Waals surface area contributed by atoms with Crippen LogP contribution in [0, 0.1) is 11.8 Å². The summed E-state index contributed by atoms with van der Waals surface area (Å²) in [6, 6.07) is 5.09. The third-order valence-electron chi connectivity index (χ3n) is 3.46. The van der Waals surface area contributed by atoms with Crippen LogP contribution in [0.3, 0.4) is 0 Å². The number of nitrogens with zero attached hydrogens (tertiary/aromatic N) is 2. The van der Waals surface area contributed by atoms with E-state index < -0.39 is 12.5 Å². The van der Waals surface area contributed by atoms with Crippen LogP contribution in [-0.4, -0.2) is 22.5 Å². The maximum Gasteiger partial charge on any atom is 0.461 e. The van der Waals surface area contributed by atoms with Gasteiger partial charge in [-0.2, -0.15) is 17.6 Å². The van der Waals surface area contributed by atoms with Gasteiger partial charge in [0.05, 0.1) is 0 Å². The Balaban J connectivity index is 1.97. The fourth-order valence-electron chi connectivity index (χ4n) is 2.06. The molecule has 0 spiro atoms. The van der Waals surface area contributed by atoms with Crippen molar-refractivity contribution in [2.75, 3.05) is 0 Å². The zero-order valence-corrected chi connectivity index (χ0v) is 14.2. The predicted molar refractivity (Wildman–Crippen MR) is 89.3 cm³/mol. The zero-order valence-electron chi connectivity index (χ0n) is 14.2. The van der Waals surface area contributed by atoms with Crippen LogP contribution in [0.4, 0.5) is 17.6 Å². The molecule has 26 heavy (non-hydrogen) atoms. The van der Waals surface area contributed by atoms with Gasteiger partial charge in [0.2, 0.25) is 5.82 Å². The smallest absolute Gasteiger partial charge is 0.428 e. The van der Waals surface area contributed by atoms with E-state index >= 15 is 0 Å². The van der Waals surface area contributed by atoms with E-state index in [9.17, 15) is 17.6 Å². The highest BCUT2D eigenvalue weighted by atomic mass is 19.3. The number of ether oxygens (including phenoxy) is 1. The van der Waals surface area contributed by atoms with E-state index in [1.807, 2.05) is 0 Å². The summed E-state index contributed by atoms with van der Waals surface area (Å²) in [6.07, 6.45) is -0.648. The van der Waals surface area contributed by atoms with Gasteiger partial charge < -0.3 is 4.74 Å². The third kappa shape index (κ3) is 6.03. The van der Waals surface area contributed by atoms with Crippen molar-refractivity contribution >= 4 is 0 Å². The van der Waals surface area contributed by atoms with Gasteiger partial charge in [0.15, 0.2) is 0 Å². The Morgan fingerprint density at radius 3 is 2.27 bits per heavy atom. The molecule has 7 heteroatoms. The van der Waals surface area contributed by atoms with Gasteiger partial charge in [-0.25, -0.2) is 9.97 Å². The van der Waals surface area contributed by atoms with Crippen LogP contribution in [0.5, 0.6) is 5.75 Å². The second-order valence-corrected chi connectivity index (χ2v) is 5.61. The molecule has 0 saturated carbocycles. The van der Waals surface area contributed by atoms with E-state index in [0.29, 0.717) is 11.4 Å². The Hall–Kier alpha value is -2.62. The highest BCUT2D eigenvalue weighted by Gasteiger charge is 2.43. The fourth-order valence-corrected chi connectivity index (χ4v) is 2.06. The maximum absolute atomic E-state index is 12.8. The largest absolute Gasteiger partial charge is 0.461 e. The van der Waals surface area contributed by atoms with Gasteiger partial charge >= 0.3 is 12.5 Å². The van der Waals surface area contributed by atoms with Gasteiger partial charge in [-0.05, 0) is 48.6 Å². The quantitative estimate of drug-likeness (QED) is 0.399. The molecule has 2 aromatic rings. The second-order valence-electron chi connectivity index (χ2n) is 5.61. The molecule has 1 aromatic heterocycles. The Labute approximate surface area is 149 Å². The Morgan fingerprint density at radius 2 is 1.69 bits per heavy atom. The van der Waals surface area contributed by atoms with Gasteiger partial charge in [-0.15, -0.1) is 0 Å². The van der Waals surface area contributed by atoms with Crippen LogP contribution in [-0.2, 0) is 6.42 Å². The molecule has 0 bridgehead atoms. The lowest BCUT2D eigenvalue weighted by molar-refractivity contribution is -0.253. The summed E-state index contributed by atoms with van der Waals surface area (Å²) in [5.74, 6) is 5.51. The SMILES string of the molecule is CCCCCc1cnc(C#Cc2ccc(OC(F)(F)C(F)F)cc2)nc1. The van der Waals surface area contributed by atoms with Gasteiger partial charge in [-0.1, -0.05) is 25.7 Å². The zero-order chi connectivity index (χ0) is 19.0. The van der Waals surface area contributed by atoms with Crippen LogP contribution in [0.2, 0.25) is 0 Å². The molecule has 0 radical (unpaired) electrons. The second kappa shape index (κ2) is 9.18. The van der Waals surface area contributed by atoms with E-state index in [0.717, 1.165) is 43.4 Å². The van der Waals surface area contributed by atoms with Crippen molar-refractivity contribution in [1.82, 2.24) is 9.97 Å². The van der Waals surface area contributed by atoms with Crippen LogP contribution in [0.15, 0.2) is 36.7 Å². The molecule has 1 heterocycles. The molecular formula is C19H18F4N2O. The Morgan fingerprint density at radius 1 is 1.04 bits per heavy atom. The highest BCUT2D eigenvalue weighted by Crippen LogP contribution is 2.27. The lowest BCUT2D eigenvalue weighted by Gasteiger charge is -2.16. The molecule has 0 N–H and O–H groups in total. The normalized spacial score (nSPS) is 11.2. The lowest BCUT2D eigenvalue weighted by atomic mass is 10.1. The van der Waals surface area contributed by atoms with Crippen LogP contribution in [0.25, 0.3) is 0 Å². The number of alkyl halides is 4. The van der Waals surface area contributed by atoms with Crippen LogP contribution in [0.1, 0.15) is 43.1 Å². The molecule has 2 rings (SSSR count). The van der Waals surface area contributed by atoms with Crippen LogP contribution < -0.4 is 4.74 Å². The standard InChI is InChI=1S/C19H18F4N2O/c1-2-3-4-5-15-12-24-17(25-13-15)11-8-14-6-9-16(10-7-14)26-19(22,23)18(20)21/h6-7,9-10,12-13,18H,2-5H2,1H3. The summed E-state index contributed by atoms with van der Waals surface area (Å²) in [6.45, 7) is 2.14. The summed E-state index contributed by atoms with van der Waals surface area (Å²) in [4.78, 5) is 8.33. The van der Waals surface area contributed by atoms with E-state index in [-0.39, 0.29) is 5.75 Å². The molecule has 138 valence electrons. The molecule has 0 aliphatic rings. The fraction of sp³-hybridized carbons (Fsp3) is 0.368. The van der Waals surface area contributed by atoms with Gasteiger partial charge in [-0.3, -0.25) is 0 Å². The molecule has 0 aliphatic heterocycles.